The van der Waals surface area contributed by atoms with E-state index < -0.39 is 0 Å². The molecule has 0 amide bonds. The van der Waals surface area contributed by atoms with Crippen molar-refractivity contribution in [2.75, 3.05) is 5.32 Å². The molecule has 4 rings (SSSR count). The molecule has 1 aromatic heterocycles. The number of fused-ring (bicyclic) bond motifs is 1. The number of nitrogens with one attached hydrogen (secondary N) is 1. The molecule has 0 spiro atoms. The SMILES string of the molecule is Cc1cc(C)cc(Nc2ncc3c(n2)C[C@@H](c2ccc(Cl)cc2)CC3=O)c1. The maximum atomic E-state index is 12.6. The number of carbonyl (C=O) groups excluding carboxylic acids is 1. The summed E-state index contributed by atoms with van der Waals surface area (Å²) in [5.74, 6) is 0.726. The summed E-state index contributed by atoms with van der Waals surface area (Å²) in [7, 11) is 0. The van der Waals surface area contributed by atoms with Crippen molar-refractivity contribution in [3.8, 4) is 0 Å². The Morgan fingerprint density at radius 3 is 2.44 bits per heavy atom. The zero-order valence-electron chi connectivity index (χ0n) is 15.3. The van der Waals surface area contributed by atoms with Gasteiger partial charge in [0.05, 0.1) is 11.3 Å². The average Bonchev–Trinajstić information content (AvgIpc) is 2.61. The van der Waals surface area contributed by atoms with Gasteiger partial charge in [0.1, 0.15) is 0 Å². The Bertz CT molecular complexity index is 994. The third-order valence-corrected chi connectivity index (χ3v) is 5.11. The van der Waals surface area contributed by atoms with Crippen molar-refractivity contribution in [1.82, 2.24) is 9.97 Å². The zero-order valence-corrected chi connectivity index (χ0v) is 16.0. The fraction of sp³-hybridized carbons (Fsp3) is 0.227. The molecular formula is C22H20ClN3O. The Labute approximate surface area is 163 Å². The number of Topliss-reactive ketones (excluding diaryl/α,β-unsaturated/α-hetero) is 1. The number of carbonyl (C=O) groups is 1. The lowest BCUT2D eigenvalue weighted by Gasteiger charge is -2.23. The van der Waals surface area contributed by atoms with Crippen LogP contribution in [-0.2, 0) is 6.42 Å². The van der Waals surface area contributed by atoms with Crippen LogP contribution in [0.25, 0.3) is 0 Å². The molecule has 3 aromatic rings. The average molecular weight is 378 g/mol. The second-order valence-electron chi connectivity index (χ2n) is 7.14. The van der Waals surface area contributed by atoms with Gasteiger partial charge in [-0.15, -0.1) is 0 Å². The number of anilines is 2. The van der Waals surface area contributed by atoms with E-state index in [1.54, 1.807) is 6.20 Å². The summed E-state index contributed by atoms with van der Waals surface area (Å²) in [6.45, 7) is 4.11. The van der Waals surface area contributed by atoms with Crippen LogP contribution in [0.3, 0.4) is 0 Å². The molecule has 0 bridgehead atoms. The number of aryl methyl sites for hydroxylation is 2. The molecular weight excluding hydrogens is 358 g/mol. The van der Waals surface area contributed by atoms with Crippen molar-refractivity contribution in [1.29, 1.82) is 0 Å². The topological polar surface area (TPSA) is 54.9 Å². The number of benzene rings is 2. The van der Waals surface area contributed by atoms with Crippen molar-refractivity contribution < 1.29 is 4.79 Å². The van der Waals surface area contributed by atoms with Gasteiger partial charge in [0.15, 0.2) is 5.78 Å². The quantitative estimate of drug-likeness (QED) is 0.663. The van der Waals surface area contributed by atoms with E-state index in [9.17, 15) is 4.79 Å². The highest BCUT2D eigenvalue weighted by molar-refractivity contribution is 6.30. The third-order valence-electron chi connectivity index (χ3n) is 4.86. The Hall–Kier alpha value is -2.72. The molecule has 4 nitrogen and oxygen atoms in total. The third kappa shape index (κ3) is 3.86. The minimum absolute atomic E-state index is 0.0918. The molecule has 136 valence electrons. The van der Waals surface area contributed by atoms with E-state index in [1.165, 1.54) is 11.1 Å². The highest BCUT2D eigenvalue weighted by Crippen LogP contribution is 2.32. The van der Waals surface area contributed by atoms with Gasteiger partial charge < -0.3 is 5.32 Å². The fourth-order valence-electron chi connectivity index (χ4n) is 3.65. The van der Waals surface area contributed by atoms with Crippen LogP contribution in [0.15, 0.2) is 48.7 Å². The highest BCUT2D eigenvalue weighted by Gasteiger charge is 2.28. The van der Waals surface area contributed by atoms with Crippen LogP contribution in [0.2, 0.25) is 5.02 Å². The van der Waals surface area contributed by atoms with Gasteiger partial charge in [-0.3, -0.25) is 4.79 Å². The number of rotatable bonds is 3. The van der Waals surface area contributed by atoms with E-state index >= 15 is 0 Å². The van der Waals surface area contributed by atoms with E-state index in [-0.39, 0.29) is 11.7 Å². The van der Waals surface area contributed by atoms with Crippen molar-refractivity contribution in [2.45, 2.75) is 32.6 Å². The molecule has 0 unspecified atom stereocenters. The monoisotopic (exact) mass is 377 g/mol. The van der Waals surface area contributed by atoms with Gasteiger partial charge in [-0.25, -0.2) is 9.97 Å². The first-order chi connectivity index (χ1) is 13.0. The highest BCUT2D eigenvalue weighted by atomic mass is 35.5. The van der Waals surface area contributed by atoms with Crippen molar-refractivity contribution in [2.24, 2.45) is 0 Å². The van der Waals surface area contributed by atoms with E-state index in [1.807, 2.05) is 24.3 Å². The first-order valence-electron chi connectivity index (χ1n) is 8.98. The minimum atomic E-state index is 0.0918. The molecule has 1 aliphatic rings. The lowest BCUT2D eigenvalue weighted by molar-refractivity contribution is 0.0962. The summed E-state index contributed by atoms with van der Waals surface area (Å²) in [5, 5.41) is 3.96. The van der Waals surface area contributed by atoms with Crippen LogP contribution in [0.5, 0.6) is 0 Å². The van der Waals surface area contributed by atoms with Crippen LogP contribution >= 0.6 is 11.6 Å². The van der Waals surface area contributed by atoms with E-state index in [4.69, 9.17) is 11.6 Å². The summed E-state index contributed by atoms with van der Waals surface area (Å²) >= 11 is 5.98. The molecule has 5 heteroatoms. The summed E-state index contributed by atoms with van der Waals surface area (Å²) in [6.07, 6.45) is 2.84. The van der Waals surface area contributed by atoms with E-state index in [0.717, 1.165) is 16.9 Å². The maximum absolute atomic E-state index is 12.6. The number of aromatic nitrogens is 2. The Morgan fingerprint density at radius 2 is 1.74 bits per heavy atom. The molecule has 1 heterocycles. The van der Waals surface area contributed by atoms with E-state index in [2.05, 4.69) is 47.3 Å². The minimum Gasteiger partial charge on any atom is -0.324 e. The molecule has 0 saturated carbocycles. The number of hydrogen-bond donors (Lipinski definition) is 1. The van der Waals surface area contributed by atoms with Gasteiger partial charge in [0.2, 0.25) is 5.95 Å². The van der Waals surface area contributed by atoms with Gasteiger partial charge >= 0.3 is 0 Å². The summed E-state index contributed by atoms with van der Waals surface area (Å²) < 4.78 is 0. The molecule has 0 radical (unpaired) electrons. The van der Waals surface area contributed by atoms with Crippen LogP contribution in [-0.4, -0.2) is 15.8 Å². The van der Waals surface area contributed by atoms with Crippen molar-refractivity contribution >= 4 is 29.0 Å². The van der Waals surface area contributed by atoms with Gasteiger partial charge in [-0.05, 0) is 67.1 Å². The van der Waals surface area contributed by atoms with Crippen molar-refractivity contribution in [3.63, 3.8) is 0 Å². The smallest absolute Gasteiger partial charge is 0.227 e. The number of hydrogen-bond acceptors (Lipinski definition) is 4. The standard InChI is InChI=1S/C22H20ClN3O/c1-13-7-14(2)9-18(8-13)25-22-24-12-19-20(26-22)10-16(11-21(19)27)15-3-5-17(23)6-4-15/h3-9,12,16H,10-11H2,1-2H3,(H,24,25,26)/t16-/m1/s1. The molecule has 1 atom stereocenters. The Morgan fingerprint density at radius 1 is 1.04 bits per heavy atom. The Balaban J connectivity index is 1.61. The van der Waals surface area contributed by atoms with Gasteiger partial charge in [-0.2, -0.15) is 0 Å². The second kappa shape index (κ2) is 7.12. The predicted molar refractivity (Wildman–Crippen MR) is 108 cm³/mol. The first kappa shape index (κ1) is 17.7. The largest absolute Gasteiger partial charge is 0.324 e. The number of halogens is 1. The molecule has 0 fully saturated rings. The number of ketones is 1. The lowest BCUT2D eigenvalue weighted by Crippen LogP contribution is -2.21. The fourth-order valence-corrected chi connectivity index (χ4v) is 3.78. The maximum Gasteiger partial charge on any atom is 0.227 e. The zero-order chi connectivity index (χ0) is 19.0. The molecule has 27 heavy (non-hydrogen) atoms. The molecule has 0 saturated heterocycles. The molecule has 1 N–H and O–H groups in total. The van der Waals surface area contributed by atoms with Crippen LogP contribution < -0.4 is 5.32 Å². The summed E-state index contributed by atoms with van der Waals surface area (Å²) in [5.41, 5.74) is 5.84. The van der Waals surface area contributed by atoms with Gasteiger partial charge in [-0.1, -0.05) is 29.8 Å². The first-order valence-corrected chi connectivity index (χ1v) is 9.35. The normalized spacial score (nSPS) is 16.1. The number of nitrogens with zero attached hydrogens (tertiary/aromatic N) is 2. The summed E-state index contributed by atoms with van der Waals surface area (Å²) in [4.78, 5) is 21.6. The van der Waals surface area contributed by atoms with Gasteiger partial charge in [0, 0.05) is 23.3 Å². The van der Waals surface area contributed by atoms with Crippen molar-refractivity contribution in [3.05, 3.63) is 81.6 Å². The lowest BCUT2D eigenvalue weighted by atomic mass is 9.82. The molecule has 1 aliphatic carbocycles. The van der Waals surface area contributed by atoms with Crippen LogP contribution in [0, 0.1) is 13.8 Å². The molecule has 0 aliphatic heterocycles. The molecule has 2 aromatic carbocycles. The van der Waals surface area contributed by atoms with Crippen LogP contribution in [0.1, 0.15) is 45.1 Å². The predicted octanol–water partition coefficient (Wildman–Crippen LogP) is 5.40. The van der Waals surface area contributed by atoms with Crippen LogP contribution in [0.4, 0.5) is 11.6 Å². The Kier molecular flexibility index (Phi) is 4.66. The van der Waals surface area contributed by atoms with Gasteiger partial charge in [0.25, 0.3) is 0 Å². The summed E-state index contributed by atoms with van der Waals surface area (Å²) in [6, 6.07) is 13.9. The second-order valence-corrected chi connectivity index (χ2v) is 7.57. The van der Waals surface area contributed by atoms with E-state index in [0.29, 0.717) is 29.4 Å².